The minimum absolute atomic E-state index is 0.395. The van der Waals surface area contributed by atoms with Gasteiger partial charge in [-0.2, -0.15) is 0 Å². The highest BCUT2D eigenvalue weighted by atomic mass is 15.1. The predicted molar refractivity (Wildman–Crippen MR) is 211 cm³/mol. The van der Waals surface area contributed by atoms with Crippen molar-refractivity contribution >= 4 is 0 Å². The second-order valence-electron chi connectivity index (χ2n) is 14.0. The summed E-state index contributed by atoms with van der Waals surface area (Å²) in [6, 6.07) is 47.4. The van der Waals surface area contributed by atoms with Gasteiger partial charge in [0.2, 0.25) is 0 Å². The third-order valence-corrected chi connectivity index (χ3v) is 9.82. The standard InChI is InChI=1S/C47H43N5/c1-33(2)40-20-12-21-41(34(3)4)46(40)52-27-26-48-47(52)44-25-24-38(49-44)30-35-14-11-19-39(31-35)50-28-29-51(32-50)45-42(36-15-7-5-8-16-36)22-13-23-43(45)37-17-9-6-10-18-37/h5-29,31,33-34,49H,30H2,1-4H3. The Morgan fingerprint density at radius 3 is 1.94 bits per heavy atom. The molecular formula is C47H43N5. The minimum Gasteiger partial charge on any atom is -0.356 e. The first-order valence-electron chi connectivity index (χ1n) is 18.2. The van der Waals surface area contributed by atoms with Crippen molar-refractivity contribution in [2.45, 2.75) is 46.0 Å². The van der Waals surface area contributed by atoms with Crippen molar-refractivity contribution in [3.63, 3.8) is 0 Å². The molecule has 0 aliphatic heterocycles. The molecular weight excluding hydrogens is 635 g/mol. The molecule has 0 fully saturated rings. The number of benzene rings is 5. The molecule has 8 aromatic rings. The van der Waals surface area contributed by atoms with E-state index in [-0.39, 0.29) is 0 Å². The van der Waals surface area contributed by atoms with Crippen LogP contribution >= 0.6 is 0 Å². The Kier molecular flexibility index (Phi) is 9.00. The zero-order chi connectivity index (χ0) is 35.6. The number of H-pyrrole nitrogens is 1. The van der Waals surface area contributed by atoms with Gasteiger partial charge in [-0.05, 0) is 75.0 Å². The summed E-state index contributed by atoms with van der Waals surface area (Å²) < 4.78 is 6.46. The summed E-state index contributed by atoms with van der Waals surface area (Å²) >= 11 is 0. The van der Waals surface area contributed by atoms with E-state index in [2.05, 4.69) is 205 Å². The van der Waals surface area contributed by atoms with Crippen molar-refractivity contribution in [3.8, 4) is 50.8 Å². The maximum absolute atomic E-state index is 4.84. The molecule has 0 bridgehead atoms. The summed E-state index contributed by atoms with van der Waals surface area (Å²) in [4.78, 5) is 8.54. The molecule has 8 rings (SSSR count). The monoisotopic (exact) mass is 677 g/mol. The highest BCUT2D eigenvalue weighted by Crippen LogP contribution is 2.36. The van der Waals surface area contributed by atoms with E-state index < -0.39 is 0 Å². The molecule has 0 aliphatic rings. The van der Waals surface area contributed by atoms with Gasteiger partial charge in [0.05, 0.1) is 22.8 Å². The van der Waals surface area contributed by atoms with Crippen LogP contribution in [0.3, 0.4) is 0 Å². The van der Waals surface area contributed by atoms with E-state index in [0.29, 0.717) is 11.8 Å². The van der Waals surface area contributed by atoms with Gasteiger partial charge in [0, 0.05) is 36.9 Å². The SMILES string of the molecule is CC(C)c1cccc(C(C)C)c1-n1ccnc1-c1ccc(Cc2cccc(-[n+]3[c-]n(-c4c(-c5ccccc5)cccc4-c4ccccc4)cc3)c2)[nH]1. The second kappa shape index (κ2) is 14.2. The van der Waals surface area contributed by atoms with Crippen LogP contribution in [0.15, 0.2) is 158 Å². The van der Waals surface area contributed by atoms with Crippen LogP contribution < -0.4 is 4.57 Å². The second-order valence-corrected chi connectivity index (χ2v) is 14.0. The average molecular weight is 678 g/mol. The van der Waals surface area contributed by atoms with E-state index >= 15 is 0 Å². The predicted octanol–water partition coefficient (Wildman–Crippen LogP) is 10.9. The van der Waals surface area contributed by atoms with Gasteiger partial charge in [-0.25, -0.2) is 4.98 Å². The van der Waals surface area contributed by atoms with Gasteiger partial charge in [-0.15, -0.1) is 0 Å². The molecule has 52 heavy (non-hydrogen) atoms. The van der Waals surface area contributed by atoms with Gasteiger partial charge >= 0.3 is 0 Å². The first-order valence-corrected chi connectivity index (χ1v) is 18.2. The number of imidazole rings is 2. The fourth-order valence-corrected chi connectivity index (χ4v) is 7.27. The maximum Gasteiger partial charge on any atom is 0.268 e. The molecule has 5 heteroatoms. The van der Waals surface area contributed by atoms with Crippen molar-refractivity contribution in [2.24, 2.45) is 0 Å². The summed E-state index contributed by atoms with van der Waals surface area (Å²) in [6.45, 7) is 9.04. The normalized spacial score (nSPS) is 11.5. The molecule has 256 valence electrons. The number of nitrogens with zero attached hydrogens (tertiary/aromatic N) is 4. The van der Waals surface area contributed by atoms with Gasteiger partial charge < -0.3 is 4.98 Å². The molecule has 0 saturated heterocycles. The molecule has 5 aromatic carbocycles. The van der Waals surface area contributed by atoms with Gasteiger partial charge in [0.25, 0.3) is 6.33 Å². The van der Waals surface area contributed by atoms with E-state index in [4.69, 9.17) is 4.98 Å². The summed E-state index contributed by atoms with van der Waals surface area (Å²) in [5.41, 5.74) is 14.1. The van der Waals surface area contributed by atoms with E-state index in [1.807, 2.05) is 6.20 Å². The Hall–Kier alpha value is -6.20. The van der Waals surface area contributed by atoms with Crippen LogP contribution in [0.25, 0.3) is 50.8 Å². The summed E-state index contributed by atoms with van der Waals surface area (Å²) in [7, 11) is 0. The maximum atomic E-state index is 4.84. The molecule has 0 aliphatic carbocycles. The lowest BCUT2D eigenvalue weighted by Crippen LogP contribution is -2.28. The van der Waals surface area contributed by atoms with E-state index in [0.717, 1.165) is 46.1 Å². The molecule has 0 atom stereocenters. The highest BCUT2D eigenvalue weighted by molar-refractivity contribution is 5.85. The third kappa shape index (κ3) is 6.42. The van der Waals surface area contributed by atoms with Crippen LogP contribution in [-0.4, -0.2) is 19.1 Å². The molecule has 5 nitrogen and oxygen atoms in total. The third-order valence-electron chi connectivity index (χ3n) is 9.82. The lowest BCUT2D eigenvalue weighted by atomic mass is 9.92. The van der Waals surface area contributed by atoms with Gasteiger partial charge in [0.15, 0.2) is 5.82 Å². The lowest BCUT2D eigenvalue weighted by Gasteiger charge is -2.21. The van der Waals surface area contributed by atoms with E-state index in [9.17, 15) is 0 Å². The number of para-hydroxylation sites is 2. The van der Waals surface area contributed by atoms with Crippen LogP contribution in [0.2, 0.25) is 0 Å². The van der Waals surface area contributed by atoms with Gasteiger partial charge in [0.1, 0.15) is 0 Å². The molecule has 0 radical (unpaired) electrons. The van der Waals surface area contributed by atoms with Crippen LogP contribution in [-0.2, 0) is 6.42 Å². The fourth-order valence-electron chi connectivity index (χ4n) is 7.27. The largest absolute Gasteiger partial charge is 0.356 e. The Bertz CT molecular complexity index is 2360. The Balaban J connectivity index is 1.10. The minimum atomic E-state index is 0.395. The lowest BCUT2D eigenvalue weighted by molar-refractivity contribution is -0.599. The van der Waals surface area contributed by atoms with E-state index in [1.54, 1.807) is 0 Å². The number of rotatable bonds is 10. The summed E-state index contributed by atoms with van der Waals surface area (Å²) in [5, 5.41) is 0. The van der Waals surface area contributed by atoms with Crippen LogP contribution in [0, 0.1) is 6.33 Å². The number of hydrogen-bond donors (Lipinski definition) is 1. The Morgan fingerprint density at radius 2 is 1.29 bits per heavy atom. The molecule has 3 heterocycles. The Labute approximate surface area is 306 Å². The molecule has 0 spiro atoms. The van der Waals surface area contributed by atoms with Crippen molar-refractivity contribution < 1.29 is 4.57 Å². The van der Waals surface area contributed by atoms with Gasteiger partial charge in [-0.1, -0.05) is 137 Å². The number of nitrogens with one attached hydrogen (secondary N) is 1. The molecule has 0 saturated carbocycles. The first kappa shape index (κ1) is 33.0. The van der Waals surface area contributed by atoms with Crippen molar-refractivity contribution in [1.29, 1.82) is 0 Å². The Morgan fingerprint density at radius 1 is 0.654 bits per heavy atom. The molecule has 0 amide bonds. The van der Waals surface area contributed by atoms with Gasteiger partial charge in [-0.3, -0.25) is 13.7 Å². The summed E-state index contributed by atoms with van der Waals surface area (Å²) in [6.07, 6.45) is 12.6. The smallest absolute Gasteiger partial charge is 0.268 e. The fraction of sp³-hybridized carbons (Fsp3) is 0.149. The molecule has 3 aromatic heterocycles. The quantitative estimate of drug-likeness (QED) is 0.114. The van der Waals surface area contributed by atoms with Crippen LogP contribution in [0.1, 0.15) is 61.9 Å². The number of hydrogen-bond acceptors (Lipinski definition) is 1. The van der Waals surface area contributed by atoms with Crippen molar-refractivity contribution in [3.05, 3.63) is 187 Å². The molecule has 0 unspecified atom stereocenters. The van der Waals surface area contributed by atoms with Crippen LogP contribution in [0.5, 0.6) is 0 Å². The van der Waals surface area contributed by atoms with E-state index in [1.165, 1.54) is 33.5 Å². The number of aromatic nitrogens is 5. The van der Waals surface area contributed by atoms with Crippen molar-refractivity contribution in [2.75, 3.05) is 0 Å². The number of aromatic amines is 1. The van der Waals surface area contributed by atoms with Crippen molar-refractivity contribution in [1.82, 2.24) is 19.1 Å². The topological polar surface area (TPSA) is 42.4 Å². The highest BCUT2D eigenvalue weighted by Gasteiger charge is 2.20. The zero-order valence-electron chi connectivity index (χ0n) is 30.2. The first-order chi connectivity index (χ1) is 25.4. The average Bonchev–Trinajstić information content (AvgIpc) is 3.97. The molecule has 1 N–H and O–H groups in total. The zero-order valence-corrected chi connectivity index (χ0v) is 30.2. The summed E-state index contributed by atoms with van der Waals surface area (Å²) in [5.74, 6) is 1.71. The van der Waals surface area contributed by atoms with Crippen LogP contribution in [0.4, 0.5) is 0 Å².